The SMILES string of the molecule is COc1ccc(S(=O)(=O)NC(C)CCc2ccccc2)cc1Br. The van der Waals surface area contributed by atoms with Gasteiger partial charge in [-0.25, -0.2) is 13.1 Å². The molecular weight excluding hydrogens is 378 g/mol. The van der Waals surface area contributed by atoms with Crippen LogP contribution in [0.25, 0.3) is 0 Å². The fourth-order valence-corrected chi connectivity index (χ4v) is 4.23. The Bertz CT molecular complexity index is 748. The highest BCUT2D eigenvalue weighted by atomic mass is 79.9. The monoisotopic (exact) mass is 397 g/mol. The summed E-state index contributed by atoms with van der Waals surface area (Å²) in [4.78, 5) is 0.219. The molecule has 0 heterocycles. The van der Waals surface area contributed by atoms with Crippen molar-refractivity contribution in [1.82, 2.24) is 4.72 Å². The van der Waals surface area contributed by atoms with E-state index in [1.165, 1.54) is 18.7 Å². The van der Waals surface area contributed by atoms with E-state index in [9.17, 15) is 8.42 Å². The molecule has 0 spiro atoms. The Kier molecular flexibility index (Phi) is 6.21. The van der Waals surface area contributed by atoms with Crippen LogP contribution in [-0.2, 0) is 16.4 Å². The molecule has 23 heavy (non-hydrogen) atoms. The molecule has 2 rings (SSSR count). The number of ether oxygens (including phenoxy) is 1. The van der Waals surface area contributed by atoms with Gasteiger partial charge in [-0.2, -0.15) is 0 Å². The number of nitrogens with one attached hydrogen (secondary N) is 1. The van der Waals surface area contributed by atoms with Crippen molar-refractivity contribution in [2.24, 2.45) is 0 Å². The lowest BCUT2D eigenvalue weighted by Crippen LogP contribution is -2.33. The molecule has 1 unspecified atom stereocenters. The Hall–Kier alpha value is -1.37. The highest BCUT2D eigenvalue weighted by Gasteiger charge is 2.18. The van der Waals surface area contributed by atoms with E-state index in [1.807, 2.05) is 37.3 Å². The van der Waals surface area contributed by atoms with Gasteiger partial charge in [0.25, 0.3) is 0 Å². The molecule has 1 atom stereocenters. The molecule has 0 amide bonds. The summed E-state index contributed by atoms with van der Waals surface area (Å²) in [6.07, 6.45) is 1.57. The molecule has 0 aliphatic heterocycles. The van der Waals surface area contributed by atoms with Crippen LogP contribution in [0.3, 0.4) is 0 Å². The Morgan fingerprint density at radius 3 is 2.48 bits per heavy atom. The molecule has 1 N–H and O–H groups in total. The van der Waals surface area contributed by atoms with Crippen molar-refractivity contribution in [3.05, 3.63) is 58.6 Å². The maximum Gasteiger partial charge on any atom is 0.240 e. The highest BCUT2D eigenvalue weighted by molar-refractivity contribution is 9.10. The van der Waals surface area contributed by atoms with Gasteiger partial charge in [0.05, 0.1) is 16.5 Å². The molecule has 0 fully saturated rings. The molecule has 4 nitrogen and oxygen atoms in total. The van der Waals surface area contributed by atoms with Gasteiger partial charge in [0.1, 0.15) is 5.75 Å². The van der Waals surface area contributed by atoms with Crippen LogP contribution in [0.5, 0.6) is 5.75 Å². The number of aryl methyl sites for hydroxylation is 1. The second kappa shape index (κ2) is 7.95. The van der Waals surface area contributed by atoms with Crippen LogP contribution < -0.4 is 9.46 Å². The van der Waals surface area contributed by atoms with E-state index in [-0.39, 0.29) is 10.9 Å². The van der Waals surface area contributed by atoms with Crippen LogP contribution in [0.2, 0.25) is 0 Å². The predicted octanol–water partition coefficient (Wildman–Crippen LogP) is 3.76. The van der Waals surface area contributed by atoms with Crippen LogP contribution in [0.1, 0.15) is 18.9 Å². The fraction of sp³-hybridized carbons (Fsp3) is 0.294. The minimum Gasteiger partial charge on any atom is -0.496 e. The second-order valence-corrected chi connectivity index (χ2v) is 7.91. The summed E-state index contributed by atoms with van der Waals surface area (Å²) >= 11 is 3.31. The normalized spacial score (nSPS) is 12.8. The molecule has 2 aromatic carbocycles. The summed E-state index contributed by atoms with van der Waals surface area (Å²) < 4.78 is 33.3. The fourth-order valence-electron chi connectivity index (χ4n) is 2.23. The average molecular weight is 398 g/mol. The number of sulfonamides is 1. The lowest BCUT2D eigenvalue weighted by molar-refractivity contribution is 0.411. The van der Waals surface area contributed by atoms with Crippen molar-refractivity contribution in [1.29, 1.82) is 0 Å². The van der Waals surface area contributed by atoms with Crippen LogP contribution >= 0.6 is 15.9 Å². The molecule has 124 valence electrons. The Morgan fingerprint density at radius 2 is 1.87 bits per heavy atom. The molecule has 0 bridgehead atoms. The van der Waals surface area contributed by atoms with Gasteiger partial charge < -0.3 is 4.74 Å². The molecule has 0 aromatic heterocycles. The molecular formula is C17H20BrNO3S. The molecule has 0 radical (unpaired) electrons. The summed E-state index contributed by atoms with van der Waals surface area (Å²) in [6.45, 7) is 1.87. The molecule has 6 heteroatoms. The zero-order valence-electron chi connectivity index (χ0n) is 13.1. The zero-order chi connectivity index (χ0) is 16.9. The van der Waals surface area contributed by atoms with Gasteiger partial charge in [-0.3, -0.25) is 0 Å². The second-order valence-electron chi connectivity index (χ2n) is 5.34. The highest BCUT2D eigenvalue weighted by Crippen LogP contribution is 2.27. The van der Waals surface area contributed by atoms with Crippen molar-refractivity contribution in [2.75, 3.05) is 7.11 Å². The van der Waals surface area contributed by atoms with Gasteiger partial charge in [0.15, 0.2) is 0 Å². The van der Waals surface area contributed by atoms with E-state index in [2.05, 4.69) is 20.7 Å². The van der Waals surface area contributed by atoms with Gasteiger partial charge in [-0.1, -0.05) is 30.3 Å². The topological polar surface area (TPSA) is 55.4 Å². The predicted molar refractivity (Wildman–Crippen MR) is 95.2 cm³/mol. The number of halogens is 1. The number of methoxy groups -OCH3 is 1. The zero-order valence-corrected chi connectivity index (χ0v) is 15.5. The van der Waals surface area contributed by atoms with Crippen molar-refractivity contribution < 1.29 is 13.2 Å². The molecule has 0 aliphatic rings. The number of benzene rings is 2. The van der Waals surface area contributed by atoms with E-state index < -0.39 is 10.0 Å². The van der Waals surface area contributed by atoms with E-state index in [4.69, 9.17) is 4.74 Å². The minimum atomic E-state index is -3.55. The number of rotatable bonds is 7. The minimum absolute atomic E-state index is 0.152. The summed E-state index contributed by atoms with van der Waals surface area (Å²) in [5.74, 6) is 0.598. The molecule has 0 aliphatic carbocycles. The lowest BCUT2D eigenvalue weighted by atomic mass is 10.1. The Labute approximate surface area is 146 Å². The largest absolute Gasteiger partial charge is 0.496 e. The lowest BCUT2D eigenvalue weighted by Gasteiger charge is -2.15. The van der Waals surface area contributed by atoms with Gasteiger partial charge >= 0.3 is 0 Å². The smallest absolute Gasteiger partial charge is 0.240 e. The number of hydrogen-bond donors (Lipinski definition) is 1. The van der Waals surface area contributed by atoms with Gasteiger partial charge in [-0.05, 0) is 59.5 Å². The van der Waals surface area contributed by atoms with Crippen LogP contribution in [-0.4, -0.2) is 21.6 Å². The third-order valence-corrected chi connectivity index (χ3v) is 5.71. The van der Waals surface area contributed by atoms with Crippen molar-refractivity contribution in [3.8, 4) is 5.75 Å². The summed E-state index contributed by atoms with van der Waals surface area (Å²) in [6, 6.07) is 14.6. The van der Waals surface area contributed by atoms with E-state index in [1.54, 1.807) is 12.1 Å². The summed E-state index contributed by atoms with van der Waals surface area (Å²) in [5.41, 5.74) is 1.20. The Morgan fingerprint density at radius 1 is 1.17 bits per heavy atom. The standard InChI is InChI=1S/C17H20BrNO3S/c1-13(8-9-14-6-4-3-5-7-14)19-23(20,21)15-10-11-17(22-2)16(18)12-15/h3-7,10-13,19H,8-9H2,1-2H3. The summed E-state index contributed by atoms with van der Waals surface area (Å²) in [5, 5.41) is 0. The molecule has 0 saturated carbocycles. The van der Waals surface area contributed by atoms with Crippen molar-refractivity contribution >= 4 is 26.0 Å². The van der Waals surface area contributed by atoms with E-state index >= 15 is 0 Å². The van der Waals surface area contributed by atoms with Crippen molar-refractivity contribution in [3.63, 3.8) is 0 Å². The maximum absolute atomic E-state index is 12.4. The third-order valence-electron chi connectivity index (χ3n) is 3.50. The first-order chi connectivity index (χ1) is 10.9. The first kappa shape index (κ1) is 18.0. The van der Waals surface area contributed by atoms with E-state index in [0.29, 0.717) is 10.2 Å². The molecule has 0 saturated heterocycles. The van der Waals surface area contributed by atoms with E-state index in [0.717, 1.165) is 12.8 Å². The van der Waals surface area contributed by atoms with Crippen LogP contribution in [0, 0.1) is 0 Å². The maximum atomic E-state index is 12.4. The summed E-state index contributed by atoms with van der Waals surface area (Å²) in [7, 11) is -2.01. The van der Waals surface area contributed by atoms with Gasteiger partial charge in [0, 0.05) is 6.04 Å². The third kappa shape index (κ3) is 5.06. The van der Waals surface area contributed by atoms with Crippen molar-refractivity contribution in [2.45, 2.75) is 30.7 Å². The first-order valence-electron chi connectivity index (χ1n) is 7.32. The Balaban J connectivity index is 2.01. The average Bonchev–Trinajstić information content (AvgIpc) is 2.53. The van der Waals surface area contributed by atoms with Crippen LogP contribution in [0.4, 0.5) is 0 Å². The number of hydrogen-bond acceptors (Lipinski definition) is 3. The molecule has 2 aromatic rings. The van der Waals surface area contributed by atoms with Gasteiger partial charge in [0.2, 0.25) is 10.0 Å². The van der Waals surface area contributed by atoms with Crippen LogP contribution in [0.15, 0.2) is 57.9 Å². The quantitative estimate of drug-likeness (QED) is 0.773. The van der Waals surface area contributed by atoms with Gasteiger partial charge in [-0.15, -0.1) is 0 Å². The first-order valence-corrected chi connectivity index (χ1v) is 9.60.